The zero-order valence-electron chi connectivity index (χ0n) is 13.5. The van der Waals surface area contributed by atoms with Crippen LogP contribution in [-0.2, 0) is 9.53 Å². The summed E-state index contributed by atoms with van der Waals surface area (Å²) in [6.45, 7) is 6.54. The van der Waals surface area contributed by atoms with Crippen LogP contribution >= 0.6 is 11.6 Å². The van der Waals surface area contributed by atoms with Gasteiger partial charge in [0.2, 0.25) is 0 Å². The predicted molar refractivity (Wildman–Crippen MR) is 87.0 cm³/mol. The first kappa shape index (κ1) is 17.5. The molecule has 2 heterocycles. The molecule has 1 aliphatic rings. The van der Waals surface area contributed by atoms with E-state index < -0.39 is 17.5 Å². The molecule has 1 aliphatic heterocycles. The lowest BCUT2D eigenvalue weighted by Gasteiger charge is -2.31. The zero-order valence-corrected chi connectivity index (χ0v) is 14.3. The molecule has 1 aromatic rings. The van der Waals surface area contributed by atoms with Crippen molar-refractivity contribution in [1.29, 1.82) is 0 Å². The van der Waals surface area contributed by atoms with Crippen LogP contribution in [0.15, 0.2) is 12.3 Å². The molecular formula is C16H21ClN2O4. The molecule has 0 unspecified atom stereocenters. The van der Waals surface area contributed by atoms with Crippen molar-refractivity contribution < 1.29 is 19.4 Å². The highest BCUT2D eigenvalue weighted by atomic mass is 35.5. The second-order valence-electron chi connectivity index (χ2n) is 6.63. The molecular weight excluding hydrogens is 320 g/mol. The zero-order chi connectivity index (χ0) is 17.2. The van der Waals surface area contributed by atoms with Gasteiger partial charge in [-0.3, -0.25) is 4.79 Å². The van der Waals surface area contributed by atoms with E-state index in [0.717, 1.165) is 0 Å². The number of anilines is 1. The van der Waals surface area contributed by atoms with Crippen LogP contribution in [0, 0.1) is 5.92 Å². The van der Waals surface area contributed by atoms with Gasteiger partial charge in [0.1, 0.15) is 11.4 Å². The second kappa shape index (κ2) is 6.74. The number of piperidine rings is 1. The standard InChI is InChI=1S/C16H21ClN2O4/c1-16(2,3)23-15(22)11-8-12(17)13(18-9-11)19-6-4-10(5-7-19)14(20)21/h8-10H,4-7H2,1-3H3,(H,20,21). The molecule has 1 aromatic heterocycles. The van der Waals surface area contributed by atoms with Crippen molar-refractivity contribution in [3.8, 4) is 0 Å². The van der Waals surface area contributed by atoms with Gasteiger partial charge in [0.15, 0.2) is 0 Å². The summed E-state index contributed by atoms with van der Waals surface area (Å²) in [6.07, 6.45) is 2.56. The van der Waals surface area contributed by atoms with Gasteiger partial charge < -0.3 is 14.7 Å². The van der Waals surface area contributed by atoms with Crippen LogP contribution in [0.1, 0.15) is 44.0 Å². The number of nitrogens with zero attached hydrogens (tertiary/aromatic N) is 2. The number of esters is 1. The first-order chi connectivity index (χ1) is 10.7. The molecule has 0 saturated carbocycles. The summed E-state index contributed by atoms with van der Waals surface area (Å²) in [5.41, 5.74) is -0.282. The minimum Gasteiger partial charge on any atom is -0.481 e. The van der Waals surface area contributed by atoms with Crippen molar-refractivity contribution in [3.05, 3.63) is 22.8 Å². The molecule has 1 fully saturated rings. The fourth-order valence-electron chi connectivity index (χ4n) is 2.45. The molecule has 0 spiro atoms. The second-order valence-corrected chi connectivity index (χ2v) is 7.04. The number of pyridine rings is 1. The molecule has 0 aromatic carbocycles. The smallest absolute Gasteiger partial charge is 0.340 e. The summed E-state index contributed by atoms with van der Waals surface area (Å²) in [6, 6.07) is 1.54. The summed E-state index contributed by atoms with van der Waals surface area (Å²) < 4.78 is 5.29. The first-order valence-electron chi connectivity index (χ1n) is 7.54. The van der Waals surface area contributed by atoms with E-state index in [4.69, 9.17) is 21.4 Å². The first-order valence-corrected chi connectivity index (χ1v) is 7.92. The Hall–Kier alpha value is -1.82. The van der Waals surface area contributed by atoms with E-state index in [1.54, 1.807) is 26.8 Å². The fourth-order valence-corrected chi connectivity index (χ4v) is 2.74. The van der Waals surface area contributed by atoms with Crippen molar-refractivity contribution in [1.82, 2.24) is 4.98 Å². The molecule has 0 aliphatic carbocycles. The third-order valence-corrected chi connectivity index (χ3v) is 3.88. The number of carboxylic acids is 1. The Bertz CT molecular complexity index is 605. The molecule has 0 radical (unpaired) electrons. The molecule has 0 atom stereocenters. The predicted octanol–water partition coefficient (Wildman–Crippen LogP) is 2.99. The maximum atomic E-state index is 12.0. The highest BCUT2D eigenvalue weighted by molar-refractivity contribution is 6.33. The van der Waals surface area contributed by atoms with E-state index in [2.05, 4.69) is 4.98 Å². The SMILES string of the molecule is CC(C)(C)OC(=O)c1cnc(N2CCC(C(=O)O)CC2)c(Cl)c1. The van der Waals surface area contributed by atoms with Gasteiger partial charge in [-0.15, -0.1) is 0 Å². The van der Waals surface area contributed by atoms with Crippen LogP contribution < -0.4 is 4.90 Å². The van der Waals surface area contributed by atoms with E-state index in [-0.39, 0.29) is 5.92 Å². The van der Waals surface area contributed by atoms with Gasteiger partial charge in [0, 0.05) is 19.3 Å². The minimum atomic E-state index is -0.760. The van der Waals surface area contributed by atoms with Gasteiger partial charge in [-0.25, -0.2) is 9.78 Å². The molecule has 7 heteroatoms. The Kier molecular flexibility index (Phi) is 5.14. The van der Waals surface area contributed by atoms with Gasteiger partial charge >= 0.3 is 11.9 Å². The van der Waals surface area contributed by atoms with E-state index in [1.165, 1.54) is 6.20 Å². The van der Waals surface area contributed by atoms with Crippen molar-refractivity contribution in [3.63, 3.8) is 0 Å². The monoisotopic (exact) mass is 340 g/mol. The van der Waals surface area contributed by atoms with Gasteiger partial charge in [-0.2, -0.15) is 0 Å². The highest BCUT2D eigenvalue weighted by Crippen LogP contribution is 2.29. The van der Waals surface area contributed by atoms with Gasteiger partial charge in [0.05, 0.1) is 16.5 Å². The van der Waals surface area contributed by atoms with Crippen molar-refractivity contribution in [2.24, 2.45) is 5.92 Å². The number of carbonyl (C=O) groups excluding carboxylic acids is 1. The minimum absolute atomic E-state index is 0.300. The number of aromatic nitrogens is 1. The summed E-state index contributed by atoms with van der Waals surface area (Å²) in [7, 11) is 0. The number of ether oxygens (including phenoxy) is 1. The Balaban J connectivity index is 2.08. The summed E-state index contributed by atoms with van der Waals surface area (Å²) in [5, 5.41) is 9.39. The Morgan fingerprint density at radius 3 is 2.43 bits per heavy atom. The fraction of sp³-hybridized carbons (Fsp3) is 0.562. The molecule has 1 saturated heterocycles. The Labute approximate surface area is 140 Å². The van der Waals surface area contributed by atoms with Crippen LogP contribution in [0.3, 0.4) is 0 Å². The van der Waals surface area contributed by atoms with Crippen LogP contribution in [-0.4, -0.2) is 40.7 Å². The average molecular weight is 341 g/mol. The number of halogens is 1. The van der Waals surface area contributed by atoms with Crippen LogP contribution in [0.2, 0.25) is 5.02 Å². The number of carbonyl (C=O) groups is 2. The van der Waals surface area contributed by atoms with Gasteiger partial charge in [-0.05, 0) is 39.7 Å². The quantitative estimate of drug-likeness (QED) is 0.852. The van der Waals surface area contributed by atoms with Crippen LogP contribution in [0.5, 0.6) is 0 Å². The lowest BCUT2D eigenvalue weighted by atomic mass is 9.97. The molecule has 2 rings (SSSR count). The number of hydrogen-bond acceptors (Lipinski definition) is 5. The largest absolute Gasteiger partial charge is 0.481 e. The van der Waals surface area contributed by atoms with Gasteiger partial charge in [-0.1, -0.05) is 11.6 Å². The molecule has 1 N–H and O–H groups in total. The lowest BCUT2D eigenvalue weighted by molar-refractivity contribution is -0.142. The summed E-state index contributed by atoms with van der Waals surface area (Å²) in [4.78, 5) is 29.2. The topological polar surface area (TPSA) is 79.7 Å². The van der Waals surface area contributed by atoms with Gasteiger partial charge in [0.25, 0.3) is 0 Å². The van der Waals surface area contributed by atoms with Crippen molar-refractivity contribution in [2.75, 3.05) is 18.0 Å². The van der Waals surface area contributed by atoms with E-state index in [0.29, 0.717) is 42.3 Å². The van der Waals surface area contributed by atoms with Crippen LogP contribution in [0.4, 0.5) is 5.82 Å². The molecule has 23 heavy (non-hydrogen) atoms. The Morgan fingerprint density at radius 1 is 1.35 bits per heavy atom. The maximum absolute atomic E-state index is 12.0. The molecule has 6 nitrogen and oxygen atoms in total. The van der Waals surface area contributed by atoms with Crippen LogP contribution in [0.25, 0.3) is 0 Å². The molecule has 0 amide bonds. The third-order valence-electron chi connectivity index (χ3n) is 3.60. The number of hydrogen-bond donors (Lipinski definition) is 1. The average Bonchev–Trinajstić information content (AvgIpc) is 2.45. The Morgan fingerprint density at radius 2 is 1.96 bits per heavy atom. The van der Waals surface area contributed by atoms with E-state index in [1.807, 2.05) is 4.90 Å². The van der Waals surface area contributed by atoms with E-state index in [9.17, 15) is 9.59 Å². The maximum Gasteiger partial charge on any atom is 0.340 e. The summed E-state index contributed by atoms with van der Waals surface area (Å²) in [5.74, 6) is -0.971. The van der Waals surface area contributed by atoms with Crippen molar-refractivity contribution in [2.45, 2.75) is 39.2 Å². The molecule has 0 bridgehead atoms. The van der Waals surface area contributed by atoms with E-state index >= 15 is 0 Å². The number of rotatable bonds is 3. The number of aliphatic carboxylic acids is 1. The lowest BCUT2D eigenvalue weighted by Crippen LogP contribution is -2.37. The van der Waals surface area contributed by atoms with Crippen molar-refractivity contribution >= 4 is 29.4 Å². The normalized spacial score (nSPS) is 16.3. The summed E-state index contributed by atoms with van der Waals surface area (Å²) >= 11 is 6.25. The number of carboxylic acid groups (broad SMARTS) is 1. The highest BCUT2D eigenvalue weighted by Gasteiger charge is 2.27. The molecule has 126 valence electrons. The third kappa shape index (κ3) is 4.58.